The van der Waals surface area contributed by atoms with Crippen LogP contribution in [0, 0.1) is 0 Å². The van der Waals surface area contributed by atoms with Crippen molar-refractivity contribution in [2.75, 3.05) is 20.6 Å². The van der Waals surface area contributed by atoms with Crippen LogP contribution in [0.25, 0.3) is 5.57 Å². The van der Waals surface area contributed by atoms with Crippen molar-refractivity contribution in [3.05, 3.63) is 75.8 Å². The highest BCUT2D eigenvalue weighted by Crippen LogP contribution is 2.35. The zero-order chi connectivity index (χ0) is 15.5. The Hall–Kier alpha value is -1.57. The Balaban J connectivity index is 2.10. The maximum absolute atomic E-state index is 6.27. The van der Waals surface area contributed by atoms with Crippen LogP contribution >= 0.6 is 11.6 Å². The van der Waals surface area contributed by atoms with Gasteiger partial charge in [-0.2, -0.15) is 0 Å². The summed E-state index contributed by atoms with van der Waals surface area (Å²) in [6.45, 7) is 1.06. The van der Waals surface area contributed by atoms with Crippen molar-refractivity contribution >= 4 is 17.2 Å². The molecule has 3 rings (SSSR count). The average molecular weight is 312 g/mol. The highest BCUT2D eigenvalue weighted by molar-refractivity contribution is 6.30. The molecule has 22 heavy (non-hydrogen) atoms. The number of rotatable bonds is 3. The molecule has 0 saturated carbocycles. The zero-order valence-corrected chi connectivity index (χ0v) is 14.0. The molecule has 0 spiro atoms. The highest BCUT2D eigenvalue weighted by Gasteiger charge is 2.17. The smallest absolute Gasteiger partial charge is 0.0412 e. The van der Waals surface area contributed by atoms with Crippen molar-refractivity contribution in [2.45, 2.75) is 19.3 Å². The van der Waals surface area contributed by atoms with Crippen LogP contribution in [-0.4, -0.2) is 25.5 Å². The number of benzene rings is 2. The molecule has 1 nitrogen and oxygen atoms in total. The van der Waals surface area contributed by atoms with Crippen LogP contribution in [0.15, 0.2) is 48.5 Å². The minimum atomic E-state index is 0.816. The predicted molar refractivity (Wildman–Crippen MR) is 95.6 cm³/mol. The van der Waals surface area contributed by atoms with Crippen molar-refractivity contribution in [2.24, 2.45) is 0 Å². The van der Waals surface area contributed by atoms with Gasteiger partial charge in [-0.05, 0) is 73.3 Å². The molecule has 0 bridgehead atoms. The van der Waals surface area contributed by atoms with Gasteiger partial charge in [0.05, 0.1) is 0 Å². The molecular formula is C20H22ClN. The Labute approximate surface area is 138 Å². The lowest BCUT2D eigenvalue weighted by atomic mass is 9.93. The number of halogens is 1. The van der Waals surface area contributed by atoms with Crippen molar-refractivity contribution in [3.8, 4) is 0 Å². The Bertz CT molecular complexity index is 701. The van der Waals surface area contributed by atoms with Crippen LogP contribution in [0.4, 0.5) is 0 Å². The third-order valence-corrected chi connectivity index (χ3v) is 4.49. The zero-order valence-electron chi connectivity index (χ0n) is 13.3. The Kier molecular flexibility index (Phi) is 4.66. The summed E-state index contributed by atoms with van der Waals surface area (Å²) in [4.78, 5) is 2.22. The first kappa shape index (κ1) is 15.3. The SMILES string of the molecule is CN(C)CC/C=C1/c2ccccc2CCc2ccc(Cl)cc21. The molecule has 0 aliphatic heterocycles. The maximum Gasteiger partial charge on any atom is 0.0412 e. The number of hydrogen-bond donors (Lipinski definition) is 0. The van der Waals surface area contributed by atoms with Gasteiger partial charge in [0.15, 0.2) is 0 Å². The van der Waals surface area contributed by atoms with Gasteiger partial charge in [-0.15, -0.1) is 0 Å². The van der Waals surface area contributed by atoms with Crippen LogP contribution in [0.1, 0.15) is 28.7 Å². The fourth-order valence-electron chi connectivity index (χ4n) is 3.12. The molecule has 0 aromatic heterocycles. The normalized spacial score (nSPS) is 15.5. The topological polar surface area (TPSA) is 3.24 Å². The van der Waals surface area contributed by atoms with E-state index in [9.17, 15) is 0 Å². The largest absolute Gasteiger partial charge is 0.309 e. The van der Waals surface area contributed by atoms with Crippen LogP contribution in [0.2, 0.25) is 5.02 Å². The van der Waals surface area contributed by atoms with E-state index < -0.39 is 0 Å². The van der Waals surface area contributed by atoms with Gasteiger partial charge in [0, 0.05) is 11.6 Å². The van der Waals surface area contributed by atoms with Crippen molar-refractivity contribution in [3.63, 3.8) is 0 Å². The van der Waals surface area contributed by atoms with Crippen LogP contribution < -0.4 is 0 Å². The van der Waals surface area contributed by atoms with E-state index in [1.807, 2.05) is 6.07 Å². The number of nitrogens with zero attached hydrogens (tertiary/aromatic N) is 1. The van der Waals surface area contributed by atoms with E-state index in [1.165, 1.54) is 27.8 Å². The summed E-state index contributed by atoms with van der Waals surface area (Å²) < 4.78 is 0. The molecule has 0 radical (unpaired) electrons. The van der Waals surface area contributed by atoms with Gasteiger partial charge >= 0.3 is 0 Å². The predicted octanol–water partition coefficient (Wildman–Crippen LogP) is 4.82. The van der Waals surface area contributed by atoms with E-state index in [0.717, 1.165) is 30.8 Å². The lowest BCUT2D eigenvalue weighted by Gasteiger charge is -2.13. The first-order valence-corrected chi connectivity index (χ1v) is 8.25. The molecule has 1 aliphatic carbocycles. The molecule has 0 fully saturated rings. The molecule has 0 heterocycles. The Morgan fingerprint density at radius 3 is 2.50 bits per heavy atom. The monoisotopic (exact) mass is 311 g/mol. The molecule has 0 unspecified atom stereocenters. The number of hydrogen-bond acceptors (Lipinski definition) is 1. The minimum absolute atomic E-state index is 0.816. The van der Waals surface area contributed by atoms with Gasteiger partial charge in [-0.25, -0.2) is 0 Å². The summed E-state index contributed by atoms with van der Waals surface area (Å²) >= 11 is 6.27. The summed E-state index contributed by atoms with van der Waals surface area (Å²) in [6.07, 6.45) is 5.59. The summed E-state index contributed by atoms with van der Waals surface area (Å²) in [5, 5.41) is 0.816. The second-order valence-electron chi connectivity index (χ2n) is 6.17. The number of aryl methyl sites for hydroxylation is 2. The molecule has 0 saturated heterocycles. The maximum atomic E-state index is 6.27. The first-order chi connectivity index (χ1) is 10.6. The molecule has 2 aromatic carbocycles. The molecule has 0 atom stereocenters. The summed E-state index contributed by atoms with van der Waals surface area (Å²) in [6, 6.07) is 15.1. The molecule has 1 aliphatic rings. The van der Waals surface area contributed by atoms with Crippen LogP contribution in [0.5, 0.6) is 0 Å². The molecule has 0 amide bonds. The van der Waals surface area contributed by atoms with Gasteiger partial charge in [0.25, 0.3) is 0 Å². The molecule has 2 heteroatoms. The third kappa shape index (κ3) is 3.26. The van der Waals surface area contributed by atoms with Gasteiger partial charge in [0.2, 0.25) is 0 Å². The van der Waals surface area contributed by atoms with E-state index >= 15 is 0 Å². The van der Waals surface area contributed by atoms with Crippen molar-refractivity contribution < 1.29 is 0 Å². The minimum Gasteiger partial charge on any atom is -0.309 e. The second-order valence-corrected chi connectivity index (χ2v) is 6.60. The van der Waals surface area contributed by atoms with Gasteiger partial charge < -0.3 is 4.90 Å². The van der Waals surface area contributed by atoms with Crippen molar-refractivity contribution in [1.29, 1.82) is 0 Å². The molecule has 0 N–H and O–H groups in total. The van der Waals surface area contributed by atoms with E-state index in [1.54, 1.807) is 0 Å². The highest BCUT2D eigenvalue weighted by atomic mass is 35.5. The Morgan fingerprint density at radius 2 is 1.73 bits per heavy atom. The number of fused-ring (bicyclic) bond motifs is 2. The standard InChI is InChI=1S/C20H22ClN/c1-22(2)13-5-8-19-18-7-4-3-6-15(18)9-10-16-11-12-17(21)14-20(16)19/h3-4,6-8,11-12,14H,5,9-10,13H2,1-2H3/b19-8-. The fourth-order valence-corrected chi connectivity index (χ4v) is 3.29. The van der Waals surface area contributed by atoms with Gasteiger partial charge in [0.1, 0.15) is 0 Å². The quantitative estimate of drug-likeness (QED) is 0.785. The first-order valence-electron chi connectivity index (χ1n) is 7.87. The van der Waals surface area contributed by atoms with Gasteiger partial charge in [-0.3, -0.25) is 0 Å². The van der Waals surface area contributed by atoms with Crippen LogP contribution in [-0.2, 0) is 12.8 Å². The summed E-state index contributed by atoms with van der Waals surface area (Å²) in [5.74, 6) is 0. The second kappa shape index (κ2) is 6.68. The van der Waals surface area contributed by atoms with Crippen molar-refractivity contribution in [1.82, 2.24) is 4.90 Å². The van der Waals surface area contributed by atoms with E-state index in [2.05, 4.69) is 61.5 Å². The van der Waals surface area contributed by atoms with E-state index in [-0.39, 0.29) is 0 Å². The van der Waals surface area contributed by atoms with E-state index in [4.69, 9.17) is 11.6 Å². The molecule has 114 valence electrons. The molecular weight excluding hydrogens is 290 g/mol. The van der Waals surface area contributed by atoms with Gasteiger partial charge in [-0.1, -0.05) is 48.0 Å². The third-order valence-electron chi connectivity index (χ3n) is 4.26. The Morgan fingerprint density at radius 1 is 1.00 bits per heavy atom. The average Bonchev–Trinajstić information content (AvgIpc) is 2.65. The van der Waals surface area contributed by atoms with E-state index in [0.29, 0.717) is 0 Å². The fraction of sp³-hybridized carbons (Fsp3) is 0.300. The molecule has 2 aromatic rings. The van der Waals surface area contributed by atoms with Crippen LogP contribution in [0.3, 0.4) is 0 Å². The summed E-state index contributed by atoms with van der Waals surface area (Å²) in [5.41, 5.74) is 6.84. The lowest BCUT2D eigenvalue weighted by Crippen LogP contribution is -2.12. The summed E-state index contributed by atoms with van der Waals surface area (Å²) in [7, 11) is 4.23. The lowest BCUT2D eigenvalue weighted by molar-refractivity contribution is 0.417.